The average molecular weight is 320 g/mol. The minimum Gasteiger partial charge on any atom is -0.478 e. The monoisotopic (exact) mass is 320 g/mol. The molecule has 2 N–H and O–H groups in total. The van der Waals surface area contributed by atoms with Gasteiger partial charge in [0.2, 0.25) is 0 Å². The molecule has 0 amide bonds. The Balaban J connectivity index is 2.09. The van der Waals surface area contributed by atoms with Gasteiger partial charge in [0.1, 0.15) is 0 Å². The Morgan fingerprint density at radius 1 is 1.12 bits per heavy atom. The van der Waals surface area contributed by atoms with Gasteiger partial charge in [-0.1, -0.05) is 35.9 Å². The van der Waals surface area contributed by atoms with E-state index in [9.17, 15) is 4.79 Å². The van der Waals surface area contributed by atoms with E-state index in [1.165, 1.54) is 16.7 Å². The third-order valence-electron chi connectivity index (χ3n) is 4.06. The van der Waals surface area contributed by atoms with Crippen molar-refractivity contribution in [1.82, 2.24) is 4.68 Å². The predicted octanol–water partition coefficient (Wildman–Crippen LogP) is 4.54. The molecule has 3 rings (SSSR count). The third-order valence-corrected chi connectivity index (χ3v) is 4.06. The molecule has 0 aliphatic heterocycles. The van der Waals surface area contributed by atoms with Gasteiger partial charge in [0, 0.05) is 23.2 Å². The molecule has 0 fully saturated rings. The van der Waals surface area contributed by atoms with Crippen molar-refractivity contribution in [3.63, 3.8) is 0 Å². The van der Waals surface area contributed by atoms with Gasteiger partial charge < -0.3 is 5.11 Å². The molecular formula is C20H20N2O2. The van der Waals surface area contributed by atoms with Crippen LogP contribution in [0.5, 0.6) is 0 Å². The summed E-state index contributed by atoms with van der Waals surface area (Å²) in [5.41, 5.74) is 9.97. The quantitative estimate of drug-likeness (QED) is 0.694. The fourth-order valence-corrected chi connectivity index (χ4v) is 3.07. The second-order valence-corrected chi connectivity index (χ2v) is 6.03. The van der Waals surface area contributed by atoms with Gasteiger partial charge >= 0.3 is 5.97 Å². The van der Waals surface area contributed by atoms with Crippen LogP contribution < -0.4 is 5.43 Å². The Morgan fingerprint density at radius 2 is 1.79 bits per heavy atom. The van der Waals surface area contributed by atoms with Crippen LogP contribution >= 0.6 is 0 Å². The number of nitrogens with one attached hydrogen (secondary N) is 1. The molecule has 1 aromatic heterocycles. The van der Waals surface area contributed by atoms with E-state index in [0.717, 1.165) is 28.2 Å². The molecular weight excluding hydrogens is 300 g/mol. The summed E-state index contributed by atoms with van der Waals surface area (Å²) in [6, 6.07) is 12.2. The van der Waals surface area contributed by atoms with Crippen LogP contribution in [-0.2, 0) is 4.79 Å². The molecule has 3 aromatic rings. The number of benzene rings is 2. The summed E-state index contributed by atoms with van der Waals surface area (Å²) in [6.45, 7) is 6.25. The van der Waals surface area contributed by atoms with Crippen LogP contribution in [0.2, 0.25) is 0 Å². The molecule has 0 spiro atoms. The number of nitrogens with zero attached hydrogens (tertiary/aromatic N) is 1. The van der Waals surface area contributed by atoms with Crippen molar-refractivity contribution in [2.45, 2.75) is 20.8 Å². The summed E-state index contributed by atoms with van der Waals surface area (Å²) in [4.78, 5) is 10.8. The largest absolute Gasteiger partial charge is 0.478 e. The first kappa shape index (κ1) is 15.9. The summed E-state index contributed by atoms with van der Waals surface area (Å²) in [5.74, 6) is -0.954. The maximum Gasteiger partial charge on any atom is 0.328 e. The van der Waals surface area contributed by atoms with E-state index >= 15 is 0 Å². The number of para-hydroxylation sites is 1. The van der Waals surface area contributed by atoms with Crippen LogP contribution in [0.3, 0.4) is 0 Å². The first-order valence-corrected chi connectivity index (χ1v) is 7.81. The molecule has 122 valence electrons. The molecule has 24 heavy (non-hydrogen) atoms. The van der Waals surface area contributed by atoms with Gasteiger partial charge in [-0.25, -0.2) is 4.79 Å². The zero-order chi connectivity index (χ0) is 17.3. The van der Waals surface area contributed by atoms with E-state index in [1.54, 1.807) is 6.08 Å². The van der Waals surface area contributed by atoms with Crippen LogP contribution in [0, 0.1) is 20.8 Å². The van der Waals surface area contributed by atoms with Crippen molar-refractivity contribution in [2.75, 3.05) is 5.43 Å². The Labute approximate surface area is 141 Å². The molecule has 0 bridgehead atoms. The highest BCUT2D eigenvalue weighted by Crippen LogP contribution is 2.26. The number of hydrogen-bond acceptors (Lipinski definition) is 2. The Bertz CT molecular complexity index is 928. The van der Waals surface area contributed by atoms with Crippen LogP contribution in [0.25, 0.3) is 17.0 Å². The number of anilines is 1. The Kier molecular flexibility index (Phi) is 4.13. The standard InChI is InChI=1S/C20H20N2O2/c1-13-10-14(2)20(15(3)11-13)21-22-12-16(8-9-19(23)24)17-6-4-5-7-18(17)22/h4-12,21H,1-3H3,(H,23,24)/b9-8+. The van der Waals surface area contributed by atoms with Gasteiger partial charge in [-0.15, -0.1) is 0 Å². The predicted molar refractivity (Wildman–Crippen MR) is 98.3 cm³/mol. The number of hydrogen-bond donors (Lipinski definition) is 2. The molecule has 0 atom stereocenters. The first-order chi connectivity index (χ1) is 11.5. The normalized spacial score (nSPS) is 11.3. The lowest BCUT2D eigenvalue weighted by Gasteiger charge is -2.15. The van der Waals surface area contributed by atoms with E-state index in [0.29, 0.717) is 0 Å². The number of aliphatic carboxylic acids is 1. The van der Waals surface area contributed by atoms with Crippen LogP contribution in [0.4, 0.5) is 5.69 Å². The summed E-state index contributed by atoms with van der Waals surface area (Å²) >= 11 is 0. The summed E-state index contributed by atoms with van der Waals surface area (Å²) in [6.07, 6.45) is 4.70. The molecule has 0 aliphatic rings. The fourth-order valence-electron chi connectivity index (χ4n) is 3.07. The van der Waals surface area contributed by atoms with Gasteiger partial charge in [0.25, 0.3) is 0 Å². The topological polar surface area (TPSA) is 54.3 Å². The molecule has 0 radical (unpaired) electrons. The lowest BCUT2D eigenvalue weighted by molar-refractivity contribution is -0.131. The molecule has 0 saturated heterocycles. The number of carboxylic acid groups (broad SMARTS) is 1. The minimum absolute atomic E-state index is 0.864. The minimum atomic E-state index is -0.954. The second kappa shape index (κ2) is 6.24. The summed E-state index contributed by atoms with van der Waals surface area (Å²) < 4.78 is 1.95. The third kappa shape index (κ3) is 3.04. The van der Waals surface area contributed by atoms with Crippen molar-refractivity contribution < 1.29 is 9.90 Å². The highest BCUT2D eigenvalue weighted by atomic mass is 16.4. The maximum absolute atomic E-state index is 10.8. The summed E-state index contributed by atoms with van der Waals surface area (Å²) in [7, 11) is 0. The van der Waals surface area contributed by atoms with Crippen molar-refractivity contribution in [3.8, 4) is 0 Å². The average Bonchev–Trinajstić information content (AvgIpc) is 2.87. The highest BCUT2D eigenvalue weighted by Gasteiger charge is 2.09. The molecule has 0 saturated carbocycles. The maximum atomic E-state index is 10.8. The van der Waals surface area contributed by atoms with E-state index in [2.05, 4.69) is 38.3 Å². The van der Waals surface area contributed by atoms with E-state index in [-0.39, 0.29) is 0 Å². The number of carbonyl (C=O) groups is 1. The number of aryl methyl sites for hydroxylation is 3. The van der Waals surface area contributed by atoms with Gasteiger partial charge in [0.05, 0.1) is 11.2 Å². The number of rotatable bonds is 4. The SMILES string of the molecule is Cc1cc(C)c(Nn2cc(/C=C/C(=O)O)c3ccccc32)c(C)c1. The lowest BCUT2D eigenvalue weighted by Crippen LogP contribution is -2.10. The van der Waals surface area contributed by atoms with Gasteiger partial charge in [-0.2, -0.15) is 0 Å². The van der Waals surface area contributed by atoms with Gasteiger partial charge in [-0.3, -0.25) is 10.1 Å². The Hall–Kier alpha value is -3.01. The van der Waals surface area contributed by atoms with Crippen LogP contribution in [0.15, 0.2) is 48.7 Å². The molecule has 2 aromatic carbocycles. The van der Waals surface area contributed by atoms with Crippen molar-refractivity contribution in [2.24, 2.45) is 0 Å². The van der Waals surface area contributed by atoms with Gasteiger partial charge in [-0.05, 0) is 44.0 Å². The molecule has 1 heterocycles. The smallest absolute Gasteiger partial charge is 0.328 e. The fraction of sp³-hybridized carbons (Fsp3) is 0.150. The van der Waals surface area contributed by atoms with E-state index < -0.39 is 5.97 Å². The number of carboxylic acids is 1. The zero-order valence-electron chi connectivity index (χ0n) is 14.0. The van der Waals surface area contributed by atoms with E-state index in [4.69, 9.17) is 5.11 Å². The molecule has 0 unspecified atom stereocenters. The lowest BCUT2D eigenvalue weighted by atomic mass is 10.1. The molecule has 4 heteroatoms. The Morgan fingerprint density at radius 3 is 2.46 bits per heavy atom. The van der Waals surface area contributed by atoms with Crippen LogP contribution in [0.1, 0.15) is 22.3 Å². The number of aromatic nitrogens is 1. The molecule has 0 aliphatic carbocycles. The summed E-state index contributed by atoms with van der Waals surface area (Å²) in [5, 5.41) is 9.88. The van der Waals surface area contributed by atoms with Crippen LogP contribution in [-0.4, -0.2) is 15.8 Å². The van der Waals surface area contributed by atoms with Crippen molar-refractivity contribution >= 4 is 28.6 Å². The first-order valence-electron chi connectivity index (χ1n) is 7.81. The van der Waals surface area contributed by atoms with Gasteiger partial charge in [0.15, 0.2) is 0 Å². The van der Waals surface area contributed by atoms with Crippen molar-refractivity contribution in [3.05, 3.63) is 70.9 Å². The highest BCUT2D eigenvalue weighted by molar-refractivity contribution is 5.94. The van der Waals surface area contributed by atoms with Crippen molar-refractivity contribution in [1.29, 1.82) is 0 Å². The number of fused-ring (bicyclic) bond motifs is 1. The van der Waals surface area contributed by atoms with E-state index in [1.807, 2.05) is 35.1 Å². The molecule has 4 nitrogen and oxygen atoms in total. The zero-order valence-corrected chi connectivity index (χ0v) is 14.0. The second-order valence-electron chi connectivity index (χ2n) is 6.03.